The van der Waals surface area contributed by atoms with Crippen molar-refractivity contribution in [2.75, 3.05) is 34.0 Å². The Morgan fingerprint density at radius 1 is 0.776 bits per heavy atom. The number of likely N-dealkylation sites (tertiary alicyclic amines) is 1. The average Bonchev–Trinajstić information content (AvgIpc) is 4.05. The van der Waals surface area contributed by atoms with Gasteiger partial charge in [-0.2, -0.15) is 0 Å². The highest BCUT2D eigenvalue weighted by Crippen LogP contribution is 2.39. The summed E-state index contributed by atoms with van der Waals surface area (Å²) in [5.41, 5.74) is 3.36. The van der Waals surface area contributed by atoms with Gasteiger partial charge in [-0.05, 0) is 73.7 Å². The molecule has 4 aromatic rings. The molecule has 5 atom stereocenters. The Morgan fingerprint density at radius 2 is 1.38 bits per heavy atom. The molecular weight excluding hydrogens is 761 g/mol. The first-order valence-corrected chi connectivity index (χ1v) is 22.9. The number of hydrogen-bond acceptors (Lipinski definition) is 10. The van der Waals surface area contributed by atoms with E-state index in [-0.39, 0.29) is 29.8 Å². The van der Waals surface area contributed by atoms with Crippen LogP contribution in [0.5, 0.6) is 11.5 Å². The molecule has 0 bridgehead atoms. The maximum Gasteiger partial charge on any atom is 0.407 e. The van der Waals surface area contributed by atoms with Crippen LogP contribution in [0.2, 0.25) is 19.1 Å². The van der Waals surface area contributed by atoms with Gasteiger partial charge in [0.05, 0.1) is 64.3 Å². The van der Waals surface area contributed by atoms with E-state index in [4.69, 9.17) is 23.9 Å². The van der Waals surface area contributed by atoms with Crippen LogP contribution in [0.25, 0.3) is 22.5 Å². The second kappa shape index (κ2) is 17.8. The molecule has 2 aromatic heterocycles. The Morgan fingerprint density at radius 3 is 2.00 bits per heavy atom. The number of carbonyl (C=O) groups excluding carboxylic acids is 4. The van der Waals surface area contributed by atoms with E-state index in [0.29, 0.717) is 35.9 Å². The lowest BCUT2D eigenvalue weighted by atomic mass is 10.0. The number of H-pyrrole nitrogens is 2. The number of imidazole rings is 2. The Bertz CT molecular complexity index is 2080. The van der Waals surface area contributed by atoms with Gasteiger partial charge in [-0.1, -0.05) is 39.1 Å². The van der Waals surface area contributed by atoms with Crippen molar-refractivity contribution in [3.05, 3.63) is 72.6 Å². The van der Waals surface area contributed by atoms with E-state index in [1.54, 1.807) is 24.2 Å². The minimum absolute atomic E-state index is 0.127. The number of nitrogens with zero attached hydrogens (tertiary/aromatic N) is 4. The lowest BCUT2D eigenvalue weighted by Crippen LogP contribution is -2.54. The summed E-state index contributed by atoms with van der Waals surface area (Å²) < 4.78 is 21.2. The number of carbonyl (C=O) groups is 4. The van der Waals surface area contributed by atoms with Crippen LogP contribution in [0.1, 0.15) is 57.3 Å². The average molecular weight is 815 g/mol. The summed E-state index contributed by atoms with van der Waals surface area (Å²) in [7, 11) is 2.26. The number of alkyl carbamates (subject to hydrolysis) is 2. The maximum absolute atomic E-state index is 13.9. The summed E-state index contributed by atoms with van der Waals surface area (Å²) in [5, 5.41) is 5.34. The van der Waals surface area contributed by atoms with E-state index in [1.807, 2.05) is 67.3 Å². The molecule has 2 saturated heterocycles. The predicted octanol–water partition coefficient (Wildman–Crippen LogP) is 6.19. The highest BCUT2D eigenvalue weighted by atomic mass is 28.3. The number of aromatic amines is 2. The molecule has 16 nitrogen and oxygen atoms in total. The largest absolute Gasteiger partial charge is 0.457 e. The minimum atomic E-state index is -1.77. The number of benzene rings is 2. The third kappa shape index (κ3) is 9.36. The van der Waals surface area contributed by atoms with Crippen molar-refractivity contribution in [2.45, 2.75) is 83.0 Å². The molecule has 2 aromatic carbocycles. The molecule has 1 unspecified atom stereocenters. The molecule has 2 aliphatic heterocycles. The monoisotopic (exact) mass is 814 g/mol. The van der Waals surface area contributed by atoms with Crippen molar-refractivity contribution >= 4 is 32.1 Å². The maximum atomic E-state index is 13.9. The van der Waals surface area contributed by atoms with Crippen molar-refractivity contribution in [1.29, 1.82) is 0 Å². The highest BCUT2D eigenvalue weighted by molar-refractivity contribution is 6.78. The van der Waals surface area contributed by atoms with E-state index in [2.05, 4.69) is 38.7 Å². The molecule has 2 aliphatic rings. The summed E-state index contributed by atoms with van der Waals surface area (Å²) in [4.78, 5) is 71.4. The number of hydrogen-bond donors (Lipinski definition) is 4. The lowest BCUT2D eigenvalue weighted by molar-refractivity contribution is -0.137. The van der Waals surface area contributed by atoms with Crippen LogP contribution in [-0.4, -0.2) is 114 Å². The van der Waals surface area contributed by atoms with Crippen molar-refractivity contribution in [3.8, 4) is 34.0 Å². The molecule has 17 heteroatoms. The summed E-state index contributed by atoms with van der Waals surface area (Å²) in [5.74, 6) is 2.12. The van der Waals surface area contributed by atoms with E-state index in [1.165, 1.54) is 21.3 Å². The van der Waals surface area contributed by atoms with Gasteiger partial charge in [-0.15, -0.1) is 0 Å². The standard InChI is InChI=1S/C41H54N8O8Si/c1-24(2)34(46-40(52)55-5)38(50)49-23-58(7,8)22-33(49)37-43-21-31(45-37)27-11-9-12-29(19-27)57-28-16-14-26(15-17-28)30-20-42-36(44-30)32-13-10-18-48(32)39(51)35(25(3)54-4)47-41(53)56-6/h9,11-12,14-17,19-21,24-25,32-35H,10,13,18,22-23H2,1-8H3,(H,42,44)(H,43,45)(H,46,52)(H,47,53)/t25?,32-,33-,34-,35-/m0/s1. The molecule has 4 amide bonds. The van der Waals surface area contributed by atoms with Crippen molar-refractivity contribution in [3.63, 3.8) is 0 Å². The summed E-state index contributed by atoms with van der Waals surface area (Å²) >= 11 is 0. The first kappa shape index (κ1) is 41.9. The topological polar surface area (TPSA) is 193 Å². The van der Waals surface area contributed by atoms with Crippen molar-refractivity contribution < 1.29 is 38.1 Å². The van der Waals surface area contributed by atoms with E-state index < -0.39 is 38.4 Å². The molecule has 0 spiro atoms. The summed E-state index contributed by atoms with van der Waals surface area (Å²) in [6, 6.07) is 14.1. The van der Waals surface area contributed by atoms with Crippen LogP contribution in [0.4, 0.5) is 9.59 Å². The molecule has 4 heterocycles. The Balaban J connectivity index is 1.12. The summed E-state index contributed by atoms with van der Waals surface area (Å²) in [6.07, 6.45) is 3.82. The van der Waals surface area contributed by atoms with Crippen LogP contribution < -0.4 is 15.4 Å². The zero-order valence-electron chi connectivity index (χ0n) is 34.3. The zero-order chi connectivity index (χ0) is 41.7. The Labute approximate surface area is 339 Å². The fraction of sp³-hybridized carbons (Fsp3) is 0.463. The van der Waals surface area contributed by atoms with Gasteiger partial charge in [-0.3, -0.25) is 9.59 Å². The van der Waals surface area contributed by atoms with Crippen molar-refractivity contribution in [1.82, 2.24) is 40.4 Å². The van der Waals surface area contributed by atoms with Crippen LogP contribution in [-0.2, 0) is 23.8 Å². The number of aromatic nitrogens is 4. The number of amides is 4. The van der Waals surface area contributed by atoms with Crippen LogP contribution >= 0.6 is 0 Å². The van der Waals surface area contributed by atoms with Gasteiger partial charge in [0.1, 0.15) is 35.2 Å². The van der Waals surface area contributed by atoms with Crippen molar-refractivity contribution in [2.24, 2.45) is 5.92 Å². The lowest BCUT2D eigenvalue weighted by Gasteiger charge is -2.30. The second-order valence-corrected chi connectivity index (χ2v) is 21.0. The molecule has 310 valence electrons. The van der Waals surface area contributed by atoms with E-state index >= 15 is 0 Å². The number of nitrogens with one attached hydrogen (secondary N) is 4. The highest BCUT2D eigenvalue weighted by Gasteiger charge is 2.46. The molecule has 0 saturated carbocycles. The Hall–Kier alpha value is -5.68. The van der Waals surface area contributed by atoms with Gasteiger partial charge < -0.3 is 49.3 Å². The molecular formula is C41H54N8O8Si. The fourth-order valence-corrected chi connectivity index (χ4v) is 10.6. The SMILES string of the molecule is COC(=O)N[C@H](C(=O)N1C[Si](C)(C)C[C@H]1c1ncc(-c2cccc(Oc3ccc(-c4cnc([C@@H]5CCCN5C(=O)[C@@H](NC(=O)OC)C(C)OC)[nH]4)cc3)c2)[nH]1)C(C)C. The Kier molecular flexibility index (Phi) is 12.9. The molecule has 2 fully saturated rings. The fourth-order valence-electron chi connectivity index (χ4n) is 7.69. The third-order valence-electron chi connectivity index (χ3n) is 10.9. The van der Waals surface area contributed by atoms with Crippen LogP contribution in [0, 0.1) is 5.92 Å². The van der Waals surface area contributed by atoms with E-state index in [9.17, 15) is 19.2 Å². The molecule has 58 heavy (non-hydrogen) atoms. The van der Waals surface area contributed by atoms with Gasteiger partial charge in [0.25, 0.3) is 0 Å². The predicted molar refractivity (Wildman–Crippen MR) is 219 cm³/mol. The molecule has 0 aliphatic carbocycles. The van der Waals surface area contributed by atoms with Gasteiger partial charge in [-0.25, -0.2) is 19.6 Å². The van der Waals surface area contributed by atoms with E-state index in [0.717, 1.165) is 41.4 Å². The normalized spacial score (nSPS) is 19.1. The van der Waals surface area contributed by atoms with Gasteiger partial charge in [0, 0.05) is 25.4 Å². The first-order chi connectivity index (χ1) is 27.7. The first-order valence-electron chi connectivity index (χ1n) is 19.5. The summed E-state index contributed by atoms with van der Waals surface area (Å²) in [6.45, 7) is 10.6. The number of ether oxygens (including phenoxy) is 4. The van der Waals surface area contributed by atoms with Crippen LogP contribution in [0.15, 0.2) is 60.9 Å². The minimum Gasteiger partial charge on any atom is -0.457 e. The quantitative estimate of drug-likeness (QED) is 0.113. The second-order valence-electron chi connectivity index (χ2n) is 16.0. The third-order valence-corrected chi connectivity index (χ3v) is 13.6. The van der Waals surface area contributed by atoms with Gasteiger partial charge >= 0.3 is 12.2 Å². The number of methoxy groups -OCH3 is 3. The number of rotatable bonds is 13. The molecule has 6 rings (SSSR count). The zero-order valence-corrected chi connectivity index (χ0v) is 35.3. The smallest absolute Gasteiger partial charge is 0.407 e. The van der Waals surface area contributed by atoms with Crippen LogP contribution in [0.3, 0.4) is 0 Å². The van der Waals surface area contributed by atoms with Gasteiger partial charge in [0.2, 0.25) is 11.8 Å². The van der Waals surface area contributed by atoms with Gasteiger partial charge in [0.15, 0.2) is 0 Å². The molecule has 4 N–H and O–H groups in total. The molecule has 0 radical (unpaired) electrons.